The van der Waals surface area contributed by atoms with Crippen LogP contribution in [0.3, 0.4) is 0 Å². The van der Waals surface area contributed by atoms with Gasteiger partial charge >= 0.3 is 0 Å². The molecule has 0 saturated carbocycles. The molecule has 3 rings (SSSR count). The van der Waals surface area contributed by atoms with Crippen LogP contribution in [0.15, 0.2) is 47.5 Å². The quantitative estimate of drug-likeness (QED) is 0.606. The van der Waals surface area contributed by atoms with Crippen molar-refractivity contribution in [3.63, 3.8) is 0 Å². The molecule has 1 aliphatic rings. The van der Waals surface area contributed by atoms with Crippen molar-refractivity contribution in [1.82, 2.24) is 15.2 Å². The summed E-state index contributed by atoms with van der Waals surface area (Å²) in [7, 11) is -3.69. The maximum atomic E-state index is 12.7. The lowest BCUT2D eigenvalue weighted by molar-refractivity contribution is -0.126. The second-order valence-corrected chi connectivity index (χ2v) is 9.27. The molecule has 8 nitrogen and oxygen atoms in total. The van der Waals surface area contributed by atoms with Crippen molar-refractivity contribution in [2.75, 3.05) is 26.2 Å². The van der Waals surface area contributed by atoms with E-state index in [0.29, 0.717) is 38.5 Å². The normalized spacial score (nSPS) is 17.3. The third-order valence-electron chi connectivity index (χ3n) is 5.37. The number of nitrogens with zero attached hydrogens (tertiary/aromatic N) is 2. The van der Waals surface area contributed by atoms with Gasteiger partial charge in [-0.05, 0) is 56.5 Å². The second-order valence-electron chi connectivity index (χ2n) is 7.70. The first-order chi connectivity index (χ1) is 14.9. The summed E-state index contributed by atoms with van der Waals surface area (Å²) in [6.07, 6.45) is 4.19. The summed E-state index contributed by atoms with van der Waals surface area (Å²) in [5.74, 6) is 0.665. The number of amides is 1. The Bertz CT molecular complexity index is 979. The fourth-order valence-electron chi connectivity index (χ4n) is 3.79. The molecule has 1 aliphatic heterocycles. The van der Waals surface area contributed by atoms with Crippen LogP contribution in [0.4, 0.5) is 0 Å². The number of ether oxygens (including phenoxy) is 1. The van der Waals surface area contributed by atoms with Crippen LogP contribution in [0.5, 0.6) is 5.88 Å². The van der Waals surface area contributed by atoms with Crippen LogP contribution in [0.1, 0.15) is 30.9 Å². The predicted molar refractivity (Wildman–Crippen MR) is 118 cm³/mol. The topological polar surface area (TPSA) is 115 Å². The zero-order valence-corrected chi connectivity index (χ0v) is 18.6. The molecule has 1 aromatic carbocycles. The van der Waals surface area contributed by atoms with E-state index in [0.717, 1.165) is 30.5 Å². The first-order valence-electron chi connectivity index (χ1n) is 10.6. The molecule has 31 heavy (non-hydrogen) atoms. The van der Waals surface area contributed by atoms with E-state index in [4.69, 9.17) is 9.88 Å². The highest BCUT2D eigenvalue weighted by Gasteiger charge is 2.26. The van der Waals surface area contributed by atoms with Crippen molar-refractivity contribution in [1.29, 1.82) is 0 Å². The van der Waals surface area contributed by atoms with Crippen molar-refractivity contribution < 1.29 is 17.9 Å². The van der Waals surface area contributed by atoms with Gasteiger partial charge in [0.05, 0.1) is 17.4 Å². The number of pyridine rings is 1. The summed E-state index contributed by atoms with van der Waals surface area (Å²) in [4.78, 5) is 19.3. The van der Waals surface area contributed by atoms with Crippen LogP contribution in [-0.2, 0) is 27.8 Å². The number of nitrogens with one attached hydrogen (secondary N) is 1. The standard InChI is InChI=1S/C22H30N4O4S/c1-2-30-22-19(5-3-12-25-22)16-26-14-4-6-18(15-26)21(27)24-13-11-17-7-9-20(10-8-17)31(23,28)29/h3,5,7-10,12,18H,2,4,6,11,13-16H2,1H3,(H,24,27)(H2,23,28,29). The molecule has 168 valence electrons. The van der Waals surface area contributed by atoms with Crippen LogP contribution in [0.25, 0.3) is 0 Å². The van der Waals surface area contributed by atoms with E-state index in [2.05, 4.69) is 15.2 Å². The van der Waals surface area contributed by atoms with E-state index in [1.165, 1.54) is 12.1 Å². The minimum absolute atomic E-state index is 0.0503. The molecule has 0 bridgehead atoms. The van der Waals surface area contributed by atoms with Gasteiger partial charge in [-0.3, -0.25) is 9.69 Å². The van der Waals surface area contributed by atoms with Gasteiger partial charge in [-0.1, -0.05) is 18.2 Å². The number of piperidine rings is 1. The van der Waals surface area contributed by atoms with Gasteiger partial charge in [0.2, 0.25) is 21.8 Å². The van der Waals surface area contributed by atoms with Gasteiger partial charge in [0, 0.05) is 31.4 Å². The van der Waals surface area contributed by atoms with Gasteiger partial charge in [-0.2, -0.15) is 0 Å². The van der Waals surface area contributed by atoms with Crippen LogP contribution < -0.4 is 15.2 Å². The van der Waals surface area contributed by atoms with Crippen LogP contribution in [0, 0.1) is 5.92 Å². The number of aromatic nitrogens is 1. The van der Waals surface area contributed by atoms with Gasteiger partial charge in [-0.25, -0.2) is 18.5 Å². The summed E-state index contributed by atoms with van der Waals surface area (Å²) < 4.78 is 28.3. The lowest BCUT2D eigenvalue weighted by atomic mass is 9.96. The molecule has 2 aromatic rings. The summed E-state index contributed by atoms with van der Waals surface area (Å²) in [5.41, 5.74) is 1.98. The molecule has 1 atom stereocenters. The minimum atomic E-state index is -3.69. The number of hydrogen-bond acceptors (Lipinski definition) is 6. The van der Waals surface area contributed by atoms with Gasteiger partial charge in [0.1, 0.15) is 0 Å². The van der Waals surface area contributed by atoms with E-state index in [-0.39, 0.29) is 16.7 Å². The highest BCUT2D eigenvalue weighted by molar-refractivity contribution is 7.89. The third kappa shape index (κ3) is 6.75. The van der Waals surface area contributed by atoms with E-state index in [9.17, 15) is 13.2 Å². The molecular formula is C22H30N4O4S. The number of likely N-dealkylation sites (tertiary alicyclic amines) is 1. The molecule has 1 fully saturated rings. The number of carbonyl (C=O) groups excluding carboxylic acids is 1. The Morgan fingerprint density at radius 1 is 1.29 bits per heavy atom. The Balaban J connectivity index is 1.48. The van der Waals surface area contributed by atoms with Gasteiger partial charge < -0.3 is 10.1 Å². The number of nitrogens with two attached hydrogens (primary N) is 1. The predicted octanol–water partition coefficient (Wildman–Crippen LogP) is 1.70. The average Bonchev–Trinajstić information content (AvgIpc) is 2.75. The zero-order valence-electron chi connectivity index (χ0n) is 17.8. The fourth-order valence-corrected chi connectivity index (χ4v) is 4.30. The average molecular weight is 447 g/mol. The SMILES string of the molecule is CCOc1ncccc1CN1CCCC(C(=O)NCCc2ccc(S(N)(=O)=O)cc2)C1. The highest BCUT2D eigenvalue weighted by atomic mass is 32.2. The molecule has 0 radical (unpaired) electrons. The number of carbonyl (C=O) groups is 1. The van der Waals surface area contributed by atoms with Crippen LogP contribution in [-0.4, -0.2) is 50.5 Å². The Labute approximate surface area is 183 Å². The molecule has 0 aliphatic carbocycles. The summed E-state index contributed by atoms with van der Waals surface area (Å²) >= 11 is 0. The van der Waals surface area contributed by atoms with E-state index >= 15 is 0 Å². The molecule has 1 aromatic heterocycles. The molecule has 1 saturated heterocycles. The first-order valence-corrected chi connectivity index (χ1v) is 12.1. The molecule has 1 unspecified atom stereocenters. The molecular weight excluding hydrogens is 416 g/mol. The van der Waals surface area contributed by atoms with E-state index in [1.807, 2.05) is 19.1 Å². The monoisotopic (exact) mass is 446 g/mol. The molecule has 1 amide bonds. The van der Waals surface area contributed by atoms with Crippen molar-refractivity contribution in [2.24, 2.45) is 11.1 Å². The summed E-state index contributed by atoms with van der Waals surface area (Å²) in [6, 6.07) is 10.3. The number of benzene rings is 1. The molecule has 3 N–H and O–H groups in total. The largest absolute Gasteiger partial charge is 0.478 e. The molecule has 2 heterocycles. The van der Waals surface area contributed by atoms with Gasteiger partial charge in [0.25, 0.3) is 0 Å². The van der Waals surface area contributed by atoms with E-state index in [1.54, 1.807) is 18.3 Å². The first kappa shape index (κ1) is 23.2. The summed E-state index contributed by atoms with van der Waals surface area (Å²) in [5, 5.41) is 8.13. The van der Waals surface area contributed by atoms with Crippen molar-refractivity contribution in [3.05, 3.63) is 53.7 Å². The second kappa shape index (κ2) is 10.7. The van der Waals surface area contributed by atoms with Crippen LogP contribution >= 0.6 is 0 Å². The maximum Gasteiger partial charge on any atom is 0.238 e. The third-order valence-corrected chi connectivity index (χ3v) is 6.30. The molecule has 9 heteroatoms. The number of primary sulfonamides is 1. The molecule has 0 spiro atoms. The Morgan fingerprint density at radius 2 is 2.06 bits per heavy atom. The van der Waals surface area contributed by atoms with Crippen LogP contribution in [0.2, 0.25) is 0 Å². The van der Waals surface area contributed by atoms with Crippen molar-refractivity contribution in [3.8, 4) is 5.88 Å². The Morgan fingerprint density at radius 3 is 2.77 bits per heavy atom. The lowest BCUT2D eigenvalue weighted by Gasteiger charge is -2.32. The Kier molecular flexibility index (Phi) is 8.00. The minimum Gasteiger partial charge on any atom is -0.478 e. The zero-order chi connectivity index (χ0) is 22.3. The maximum absolute atomic E-state index is 12.7. The lowest BCUT2D eigenvalue weighted by Crippen LogP contribution is -2.43. The number of sulfonamides is 1. The summed E-state index contributed by atoms with van der Waals surface area (Å²) in [6.45, 7) is 5.37. The smallest absolute Gasteiger partial charge is 0.238 e. The van der Waals surface area contributed by atoms with E-state index < -0.39 is 10.0 Å². The highest BCUT2D eigenvalue weighted by Crippen LogP contribution is 2.22. The van der Waals surface area contributed by atoms with Crippen molar-refractivity contribution in [2.45, 2.75) is 37.6 Å². The van der Waals surface area contributed by atoms with Crippen molar-refractivity contribution >= 4 is 15.9 Å². The van der Waals surface area contributed by atoms with Gasteiger partial charge in [0.15, 0.2) is 0 Å². The fraction of sp³-hybridized carbons (Fsp3) is 0.455. The van der Waals surface area contributed by atoms with Gasteiger partial charge in [-0.15, -0.1) is 0 Å². The number of rotatable bonds is 9. The Hall–Kier alpha value is -2.49. The number of hydrogen-bond donors (Lipinski definition) is 2.